The number of fused-ring (bicyclic) bond motifs is 3. The topological polar surface area (TPSA) is 17.1 Å². The van der Waals surface area contributed by atoms with Crippen molar-refractivity contribution >= 4 is 17.1 Å². The van der Waals surface area contributed by atoms with Crippen LogP contribution < -0.4 is 0 Å². The van der Waals surface area contributed by atoms with Crippen molar-refractivity contribution < 1.29 is 4.79 Å². The molecule has 0 spiro atoms. The van der Waals surface area contributed by atoms with Gasteiger partial charge in [-0.2, -0.15) is 0 Å². The Balaban J connectivity index is 2.18. The first-order chi connectivity index (χ1) is 9.09. The van der Waals surface area contributed by atoms with Crippen molar-refractivity contribution in [3.05, 3.63) is 20.9 Å². The van der Waals surface area contributed by atoms with Crippen molar-refractivity contribution in [3.63, 3.8) is 0 Å². The summed E-state index contributed by atoms with van der Waals surface area (Å²) in [5, 5.41) is 0. The molecule has 0 aromatic carbocycles. The van der Waals surface area contributed by atoms with E-state index >= 15 is 0 Å². The molecule has 1 nitrogen and oxygen atoms in total. The van der Waals surface area contributed by atoms with E-state index in [1.165, 1.54) is 0 Å². The fourth-order valence-electron chi connectivity index (χ4n) is 3.98. The van der Waals surface area contributed by atoms with Crippen molar-refractivity contribution in [3.8, 4) is 0 Å². The van der Waals surface area contributed by atoms with Crippen LogP contribution in [0.1, 0.15) is 81.2 Å². The van der Waals surface area contributed by atoms with Gasteiger partial charge in [-0.15, -0.1) is 11.3 Å². The van der Waals surface area contributed by atoms with E-state index in [9.17, 15) is 4.79 Å². The Morgan fingerprint density at radius 3 is 2.05 bits per heavy atom. The minimum atomic E-state index is 0.193. The predicted octanol–water partition coefficient (Wildman–Crippen LogP) is 4.96. The number of ketones is 1. The number of thiophene rings is 1. The Hall–Kier alpha value is -0.630. The first-order valence-electron chi connectivity index (χ1n) is 7.77. The summed E-state index contributed by atoms with van der Waals surface area (Å²) in [5.41, 5.74) is 3.60. The van der Waals surface area contributed by atoms with Gasteiger partial charge in [-0.3, -0.25) is 4.79 Å². The van der Waals surface area contributed by atoms with Gasteiger partial charge in [0.05, 0.1) is 0 Å². The lowest BCUT2D eigenvalue weighted by Gasteiger charge is -2.22. The van der Waals surface area contributed by atoms with Gasteiger partial charge in [0.1, 0.15) is 5.78 Å². The number of Topliss-reactive ketones (excluding diaryl/α,β-unsaturated/α-hetero) is 1. The van der Waals surface area contributed by atoms with Crippen LogP contribution in [0.4, 0.5) is 0 Å². The zero-order chi connectivity index (χ0) is 14.9. The zero-order valence-corrected chi connectivity index (χ0v) is 14.4. The van der Waals surface area contributed by atoms with E-state index in [2.05, 4.69) is 41.5 Å². The summed E-state index contributed by atoms with van der Waals surface area (Å²) in [4.78, 5) is 14.9. The van der Waals surface area contributed by atoms with Crippen LogP contribution in [0.2, 0.25) is 0 Å². The molecule has 2 unspecified atom stereocenters. The molecular weight excluding hydrogens is 264 g/mol. The molecule has 2 heteroatoms. The van der Waals surface area contributed by atoms with E-state index in [4.69, 9.17) is 0 Å². The average Bonchev–Trinajstić information content (AvgIpc) is 2.82. The molecule has 1 fully saturated rings. The van der Waals surface area contributed by atoms with Crippen molar-refractivity contribution in [1.29, 1.82) is 0 Å². The summed E-state index contributed by atoms with van der Waals surface area (Å²) in [5.74, 6) is 1.61. The van der Waals surface area contributed by atoms with Crippen LogP contribution >= 0.6 is 11.3 Å². The fraction of sp³-hybridized carbons (Fsp3) is 0.722. The summed E-state index contributed by atoms with van der Waals surface area (Å²) in [7, 11) is 0. The van der Waals surface area contributed by atoms with Crippen LogP contribution in [0.5, 0.6) is 0 Å². The van der Waals surface area contributed by atoms with Crippen LogP contribution in [0.3, 0.4) is 0 Å². The van der Waals surface area contributed by atoms with E-state index in [1.54, 1.807) is 20.9 Å². The lowest BCUT2D eigenvalue weighted by Crippen LogP contribution is -2.13. The SMILES string of the molecule is CC(C)(C)c1sc(C(C)(C)C)c2c1CC1CC(=O)CC21. The molecular formula is C18H26OS. The molecule has 0 bridgehead atoms. The maximum Gasteiger partial charge on any atom is 0.133 e. The third kappa shape index (κ3) is 2.07. The Labute approximate surface area is 126 Å². The Kier molecular flexibility index (Phi) is 3.00. The minimum absolute atomic E-state index is 0.193. The minimum Gasteiger partial charge on any atom is -0.300 e. The van der Waals surface area contributed by atoms with Crippen LogP contribution in [-0.2, 0) is 22.0 Å². The van der Waals surface area contributed by atoms with Crippen molar-refractivity contribution in [1.82, 2.24) is 0 Å². The Bertz CT molecular complexity index is 565. The normalized spacial score (nSPS) is 26.0. The molecule has 1 heterocycles. The van der Waals surface area contributed by atoms with E-state index in [0.717, 1.165) is 19.3 Å². The number of carbonyl (C=O) groups is 1. The summed E-state index contributed by atoms with van der Waals surface area (Å²) < 4.78 is 0. The van der Waals surface area contributed by atoms with Gasteiger partial charge in [0, 0.05) is 22.6 Å². The van der Waals surface area contributed by atoms with Crippen LogP contribution in [0.15, 0.2) is 0 Å². The summed E-state index contributed by atoms with van der Waals surface area (Å²) in [6, 6.07) is 0. The second-order valence-corrected chi connectivity index (χ2v) is 9.69. The fourth-order valence-corrected chi connectivity index (χ4v) is 5.50. The van der Waals surface area contributed by atoms with Gasteiger partial charge in [-0.05, 0) is 40.2 Å². The Morgan fingerprint density at radius 1 is 0.900 bits per heavy atom. The van der Waals surface area contributed by atoms with Crippen molar-refractivity contribution in [2.24, 2.45) is 5.92 Å². The van der Waals surface area contributed by atoms with Gasteiger partial charge in [0.25, 0.3) is 0 Å². The monoisotopic (exact) mass is 290 g/mol. The lowest BCUT2D eigenvalue weighted by molar-refractivity contribution is -0.117. The van der Waals surface area contributed by atoms with Gasteiger partial charge >= 0.3 is 0 Å². The lowest BCUT2D eigenvalue weighted by atomic mass is 9.85. The molecule has 2 atom stereocenters. The van der Waals surface area contributed by atoms with Gasteiger partial charge in [0.2, 0.25) is 0 Å². The van der Waals surface area contributed by atoms with Crippen LogP contribution in [0.25, 0.3) is 0 Å². The molecule has 1 aromatic heterocycles. The maximum absolute atomic E-state index is 11.8. The van der Waals surface area contributed by atoms with Gasteiger partial charge in [-0.1, -0.05) is 41.5 Å². The van der Waals surface area contributed by atoms with Crippen LogP contribution in [0, 0.1) is 5.92 Å². The maximum atomic E-state index is 11.8. The molecule has 20 heavy (non-hydrogen) atoms. The zero-order valence-electron chi connectivity index (χ0n) is 13.6. The van der Waals surface area contributed by atoms with Gasteiger partial charge in [-0.25, -0.2) is 0 Å². The number of rotatable bonds is 0. The predicted molar refractivity (Wildman–Crippen MR) is 85.9 cm³/mol. The largest absolute Gasteiger partial charge is 0.300 e. The second-order valence-electron chi connectivity index (χ2n) is 8.67. The van der Waals surface area contributed by atoms with E-state index in [1.807, 2.05) is 11.3 Å². The highest BCUT2D eigenvalue weighted by Crippen LogP contribution is 2.56. The Morgan fingerprint density at radius 2 is 1.50 bits per heavy atom. The third-order valence-electron chi connectivity index (χ3n) is 4.75. The smallest absolute Gasteiger partial charge is 0.133 e. The molecule has 0 amide bonds. The molecule has 110 valence electrons. The number of hydrogen-bond donors (Lipinski definition) is 0. The molecule has 0 N–H and O–H groups in total. The number of hydrogen-bond acceptors (Lipinski definition) is 2. The van der Waals surface area contributed by atoms with E-state index < -0.39 is 0 Å². The summed E-state index contributed by atoms with van der Waals surface area (Å²) in [6.07, 6.45) is 2.75. The highest BCUT2D eigenvalue weighted by atomic mass is 32.1. The molecule has 2 aliphatic carbocycles. The van der Waals surface area contributed by atoms with Gasteiger partial charge < -0.3 is 0 Å². The quantitative estimate of drug-likeness (QED) is 0.660. The highest BCUT2D eigenvalue weighted by Gasteiger charge is 2.46. The van der Waals surface area contributed by atoms with Crippen LogP contribution in [-0.4, -0.2) is 5.78 Å². The first-order valence-corrected chi connectivity index (χ1v) is 8.59. The molecule has 1 saturated carbocycles. The molecule has 1 aromatic rings. The molecule has 0 radical (unpaired) electrons. The van der Waals surface area contributed by atoms with E-state index in [-0.39, 0.29) is 10.8 Å². The van der Waals surface area contributed by atoms with Gasteiger partial charge in [0.15, 0.2) is 0 Å². The molecule has 0 aliphatic heterocycles. The standard InChI is InChI=1S/C18H26OS/c1-17(2,3)15-13-8-10-7-11(19)9-12(10)14(13)16(20-15)18(4,5)6/h10,12H,7-9H2,1-6H3. The average molecular weight is 290 g/mol. The summed E-state index contributed by atoms with van der Waals surface area (Å²) >= 11 is 2.01. The van der Waals surface area contributed by atoms with E-state index in [0.29, 0.717) is 17.6 Å². The van der Waals surface area contributed by atoms with Crippen molar-refractivity contribution in [2.45, 2.75) is 77.6 Å². The molecule has 2 aliphatic rings. The highest BCUT2D eigenvalue weighted by molar-refractivity contribution is 7.12. The molecule has 0 saturated heterocycles. The third-order valence-corrected chi connectivity index (χ3v) is 6.85. The molecule has 3 rings (SSSR count). The second kappa shape index (κ2) is 4.19. The summed E-state index contributed by atoms with van der Waals surface area (Å²) in [6.45, 7) is 13.9. The number of carbonyl (C=O) groups excluding carboxylic acids is 1. The first kappa shape index (κ1) is 14.3. The van der Waals surface area contributed by atoms with Crippen molar-refractivity contribution in [2.75, 3.05) is 0 Å².